The summed E-state index contributed by atoms with van der Waals surface area (Å²) in [6, 6.07) is 3.97. The Kier molecular flexibility index (Phi) is 3.36. The minimum atomic E-state index is -0.792. The lowest BCUT2D eigenvalue weighted by molar-refractivity contribution is -0.114. The fraction of sp³-hybridized carbons (Fsp3) is 0.182. The van der Waals surface area contributed by atoms with Gasteiger partial charge in [0.05, 0.1) is 11.3 Å². The van der Waals surface area contributed by atoms with Crippen LogP contribution in [0.1, 0.15) is 29.8 Å². The van der Waals surface area contributed by atoms with E-state index in [1.54, 1.807) is 6.07 Å². The summed E-state index contributed by atoms with van der Waals surface area (Å²) in [5.74, 6) is -1.62. The minimum absolute atomic E-state index is 0.0691. The van der Waals surface area contributed by atoms with Crippen molar-refractivity contribution in [3.63, 3.8) is 0 Å². The van der Waals surface area contributed by atoms with Crippen molar-refractivity contribution in [2.45, 2.75) is 13.8 Å². The summed E-state index contributed by atoms with van der Waals surface area (Å²) in [7, 11) is 0. The maximum atomic E-state index is 13.5. The molecule has 0 aliphatic rings. The number of hydrogen-bond donors (Lipinski definition) is 1. The van der Waals surface area contributed by atoms with E-state index in [1.165, 1.54) is 19.9 Å². The number of halogens is 1. The summed E-state index contributed by atoms with van der Waals surface area (Å²) in [6.45, 7) is 2.48. The van der Waals surface area contributed by atoms with Gasteiger partial charge in [0.25, 0.3) is 0 Å². The van der Waals surface area contributed by atoms with E-state index in [4.69, 9.17) is 5.26 Å². The monoisotopic (exact) mass is 220 g/mol. The first kappa shape index (κ1) is 11.9. The second-order valence-electron chi connectivity index (χ2n) is 3.23. The van der Waals surface area contributed by atoms with Crippen LogP contribution in [0.4, 0.5) is 10.1 Å². The van der Waals surface area contributed by atoms with Crippen LogP contribution in [0.15, 0.2) is 12.1 Å². The van der Waals surface area contributed by atoms with Crippen LogP contribution < -0.4 is 5.32 Å². The lowest BCUT2D eigenvalue weighted by atomic mass is 10.1. The Labute approximate surface area is 91.7 Å². The zero-order valence-electron chi connectivity index (χ0n) is 8.80. The van der Waals surface area contributed by atoms with Crippen LogP contribution >= 0.6 is 0 Å². The van der Waals surface area contributed by atoms with E-state index in [0.29, 0.717) is 0 Å². The van der Waals surface area contributed by atoms with Crippen molar-refractivity contribution in [2.24, 2.45) is 0 Å². The maximum Gasteiger partial charge on any atom is 0.221 e. The first-order chi connectivity index (χ1) is 7.45. The van der Waals surface area contributed by atoms with E-state index in [-0.39, 0.29) is 22.6 Å². The van der Waals surface area contributed by atoms with Crippen molar-refractivity contribution in [3.05, 3.63) is 29.1 Å². The third kappa shape index (κ3) is 2.42. The molecule has 0 fully saturated rings. The van der Waals surface area contributed by atoms with E-state index in [0.717, 1.165) is 6.07 Å². The summed E-state index contributed by atoms with van der Waals surface area (Å²) in [4.78, 5) is 21.8. The fourth-order valence-corrected chi connectivity index (χ4v) is 1.20. The molecule has 5 heteroatoms. The second-order valence-corrected chi connectivity index (χ2v) is 3.23. The van der Waals surface area contributed by atoms with Gasteiger partial charge in [0.1, 0.15) is 11.9 Å². The topological polar surface area (TPSA) is 70.0 Å². The summed E-state index contributed by atoms with van der Waals surface area (Å²) >= 11 is 0. The van der Waals surface area contributed by atoms with Crippen LogP contribution in [-0.2, 0) is 4.79 Å². The van der Waals surface area contributed by atoms with Crippen molar-refractivity contribution < 1.29 is 14.0 Å². The highest BCUT2D eigenvalue weighted by molar-refractivity contribution is 5.96. The van der Waals surface area contributed by atoms with Crippen molar-refractivity contribution in [1.82, 2.24) is 0 Å². The van der Waals surface area contributed by atoms with Gasteiger partial charge in [0, 0.05) is 12.5 Å². The van der Waals surface area contributed by atoms with Gasteiger partial charge in [-0.1, -0.05) is 0 Å². The number of nitriles is 1. The van der Waals surface area contributed by atoms with Crippen molar-refractivity contribution in [2.75, 3.05) is 5.32 Å². The van der Waals surface area contributed by atoms with Gasteiger partial charge in [-0.05, 0) is 19.1 Å². The average molecular weight is 220 g/mol. The van der Waals surface area contributed by atoms with Gasteiger partial charge in [-0.2, -0.15) is 5.26 Å². The molecular weight excluding hydrogens is 211 g/mol. The minimum Gasteiger partial charge on any atom is -0.323 e. The van der Waals surface area contributed by atoms with Gasteiger partial charge in [-0.25, -0.2) is 4.39 Å². The van der Waals surface area contributed by atoms with Crippen LogP contribution in [0.25, 0.3) is 0 Å². The van der Waals surface area contributed by atoms with Crippen molar-refractivity contribution >= 4 is 17.4 Å². The molecule has 4 nitrogen and oxygen atoms in total. The van der Waals surface area contributed by atoms with Crippen molar-refractivity contribution in [3.8, 4) is 6.07 Å². The molecule has 0 saturated heterocycles. The standard InChI is InChI=1S/C11H9FN2O2/c1-6(15)8-3-9(5-13)11(10(12)4-8)14-7(2)16/h3-4H,1-2H3,(H,14,16). The molecule has 0 saturated carbocycles. The number of nitrogens with one attached hydrogen (secondary N) is 1. The van der Waals surface area contributed by atoms with Crippen LogP contribution in [-0.4, -0.2) is 11.7 Å². The molecule has 0 spiro atoms. The molecule has 1 amide bonds. The zero-order valence-corrected chi connectivity index (χ0v) is 8.80. The fourth-order valence-electron chi connectivity index (χ4n) is 1.20. The van der Waals surface area contributed by atoms with Crippen LogP contribution in [0, 0.1) is 17.1 Å². The summed E-state index contributed by atoms with van der Waals surface area (Å²) in [5, 5.41) is 11.0. The Balaban J connectivity index is 3.35. The molecule has 0 unspecified atom stereocenters. The second kappa shape index (κ2) is 4.53. The molecule has 1 N–H and O–H groups in total. The Hall–Kier alpha value is -2.22. The molecule has 0 radical (unpaired) electrons. The number of nitrogens with zero attached hydrogens (tertiary/aromatic N) is 1. The Morgan fingerprint density at radius 1 is 1.38 bits per heavy atom. The van der Waals surface area contributed by atoms with Crippen LogP contribution in [0.3, 0.4) is 0 Å². The number of carbonyl (C=O) groups is 2. The highest BCUT2D eigenvalue weighted by Gasteiger charge is 2.13. The first-order valence-corrected chi connectivity index (χ1v) is 4.48. The Bertz CT molecular complexity index is 503. The molecule has 1 aromatic rings. The summed E-state index contributed by atoms with van der Waals surface area (Å²) in [6.07, 6.45) is 0. The zero-order chi connectivity index (χ0) is 12.3. The molecule has 0 atom stereocenters. The third-order valence-corrected chi connectivity index (χ3v) is 1.92. The maximum absolute atomic E-state index is 13.5. The van der Waals surface area contributed by atoms with E-state index >= 15 is 0 Å². The lowest BCUT2D eigenvalue weighted by Crippen LogP contribution is -2.10. The predicted molar refractivity (Wildman–Crippen MR) is 55.4 cm³/mol. The number of Topliss-reactive ketones (excluding diaryl/α,β-unsaturated/α-hetero) is 1. The Morgan fingerprint density at radius 2 is 2.00 bits per heavy atom. The number of rotatable bonds is 2. The molecule has 1 aromatic carbocycles. The largest absolute Gasteiger partial charge is 0.323 e. The number of amides is 1. The van der Waals surface area contributed by atoms with Gasteiger partial charge in [-0.15, -0.1) is 0 Å². The van der Waals surface area contributed by atoms with Gasteiger partial charge >= 0.3 is 0 Å². The van der Waals surface area contributed by atoms with E-state index < -0.39 is 11.7 Å². The lowest BCUT2D eigenvalue weighted by Gasteiger charge is -2.07. The molecule has 16 heavy (non-hydrogen) atoms. The molecule has 0 aromatic heterocycles. The molecule has 1 rings (SSSR count). The van der Waals surface area contributed by atoms with Crippen LogP contribution in [0.2, 0.25) is 0 Å². The first-order valence-electron chi connectivity index (χ1n) is 4.48. The van der Waals surface area contributed by atoms with Crippen molar-refractivity contribution in [1.29, 1.82) is 5.26 Å². The van der Waals surface area contributed by atoms with Gasteiger partial charge < -0.3 is 5.32 Å². The number of ketones is 1. The average Bonchev–Trinajstić information content (AvgIpc) is 2.19. The quantitative estimate of drug-likeness (QED) is 0.773. The highest BCUT2D eigenvalue weighted by Crippen LogP contribution is 2.21. The number of carbonyl (C=O) groups excluding carboxylic acids is 2. The Morgan fingerprint density at radius 3 is 2.44 bits per heavy atom. The molecule has 0 aliphatic carbocycles. The summed E-state index contributed by atoms with van der Waals surface area (Å²) < 4.78 is 13.5. The molecule has 0 bridgehead atoms. The number of benzene rings is 1. The molecule has 82 valence electrons. The predicted octanol–water partition coefficient (Wildman–Crippen LogP) is 1.86. The van der Waals surface area contributed by atoms with Gasteiger partial charge in [0.2, 0.25) is 5.91 Å². The highest BCUT2D eigenvalue weighted by atomic mass is 19.1. The smallest absolute Gasteiger partial charge is 0.221 e. The van der Waals surface area contributed by atoms with Gasteiger partial charge in [0.15, 0.2) is 5.78 Å². The summed E-state index contributed by atoms with van der Waals surface area (Å²) in [5.41, 5.74) is -0.163. The number of hydrogen-bond acceptors (Lipinski definition) is 3. The molecule has 0 aliphatic heterocycles. The molecule has 0 heterocycles. The third-order valence-electron chi connectivity index (χ3n) is 1.92. The SMILES string of the molecule is CC(=O)Nc1c(F)cc(C(C)=O)cc1C#N. The normalized spacial score (nSPS) is 9.38. The van der Waals surface area contributed by atoms with Crippen LogP contribution in [0.5, 0.6) is 0 Å². The number of anilines is 1. The van der Waals surface area contributed by atoms with E-state index in [2.05, 4.69) is 5.32 Å². The van der Waals surface area contributed by atoms with E-state index in [9.17, 15) is 14.0 Å². The molecular formula is C11H9FN2O2. The van der Waals surface area contributed by atoms with E-state index in [1.807, 2.05) is 0 Å². The van der Waals surface area contributed by atoms with Gasteiger partial charge in [-0.3, -0.25) is 9.59 Å².